The van der Waals surface area contributed by atoms with E-state index in [1.54, 1.807) is 0 Å². The van der Waals surface area contributed by atoms with E-state index in [4.69, 9.17) is 0 Å². The molecule has 2 aliphatic carbocycles. The van der Waals surface area contributed by atoms with Gasteiger partial charge in [0.1, 0.15) is 0 Å². The van der Waals surface area contributed by atoms with Crippen LogP contribution in [0.1, 0.15) is 161 Å². The molecule has 350 valence electrons. The molecule has 7 aromatic carbocycles. The average molecular weight is 905 g/mol. The van der Waals surface area contributed by atoms with E-state index in [1.165, 1.54) is 119 Å². The molecule has 0 aromatic heterocycles. The summed E-state index contributed by atoms with van der Waals surface area (Å²) in [5.41, 5.74) is 25.8. The molecule has 69 heavy (non-hydrogen) atoms. The molecule has 0 N–H and O–H groups in total. The molecule has 0 unspecified atom stereocenters. The summed E-state index contributed by atoms with van der Waals surface area (Å²) in [6.45, 7) is 34.0. The van der Waals surface area contributed by atoms with Gasteiger partial charge in [-0.15, -0.1) is 0 Å². The number of hydrogen-bond acceptors (Lipinski definition) is 2. The summed E-state index contributed by atoms with van der Waals surface area (Å²) in [6, 6.07) is 55.0. The van der Waals surface area contributed by atoms with E-state index >= 15 is 0 Å². The molecular weight excluding hydrogens is 832 g/mol. The van der Waals surface area contributed by atoms with Gasteiger partial charge >= 0.3 is 0 Å². The van der Waals surface area contributed by atoms with Gasteiger partial charge in [0.15, 0.2) is 0 Å². The van der Waals surface area contributed by atoms with Gasteiger partial charge in [-0.05, 0) is 173 Å². The van der Waals surface area contributed by atoms with E-state index in [9.17, 15) is 0 Å². The Labute approximate surface area is 415 Å². The zero-order valence-corrected chi connectivity index (χ0v) is 44.1. The fraction of sp³-hybridized carbons (Fsp3) is 0.364. The first-order valence-corrected chi connectivity index (χ1v) is 25.9. The molecular formula is C66H73BN2. The third kappa shape index (κ3) is 7.43. The van der Waals surface area contributed by atoms with Crippen LogP contribution in [0.3, 0.4) is 0 Å². The smallest absolute Gasteiger partial charge is 0.252 e. The number of anilines is 6. The standard InChI is InChI=1S/C66H73BN2/c1-61(2,3)45-26-30-55(48(35-45)44-23-19-16-20-24-44)69-56-29-25-43(33-42-21-17-15-18-22-42)34-53(56)67-54-39-51-52(64(9,10)32-31-63(51,7)8)40-57(54)68(58-36-46(62(4,5)6)37-59(69)60(58)67)47-27-28-49-50(38-47)66(13,14)41-65(49,11)12/h15-30,34-40H,31-33,41H2,1-14H3. The van der Waals surface area contributed by atoms with Crippen molar-refractivity contribution < 1.29 is 0 Å². The predicted octanol–water partition coefficient (Wildman–Crippen LogP) is 15.9. The number of benzene rings is 7. The normalized spacial score (nSPS) is 18.0. The fourth-order valence-corrected chi connectivity index (χ4v) is 13.2. The van der Waals surface area contributed by atoms with Crippen LogP contribution < -0.4 is 26.2 Å². The van der Waals surface area contributed by atoms with Crippen molar-refractivity contribution in [2.24, 2.45) is 0 Å². The lowest BCUT2D eigenvalue weighted by Crippen LogP contribution is -2.62. The molecule has 2 aliphatic heterocycles. The highest BCUT2D eigenvalue weighted by Gasteiger charge is 2.48. The highest BCUT2D eigenvalue weighted by Crippen LogP contribution is 2.55. The Hall–Kier alpha value is -5.80. The molecule has 0 saturated carbocycles. The van der Waals surface area contributed by atoms with Gasteiger partial charge in [0.2, 0.25) is 0 Å². The van der Waals surface area contributed by atoms with Gasteiger partial charge in [0.05, 0.1) is 5.69 Å². The summed E-state index contributed by atoms with van der Waals surface area (Å²) in [4.78, 5) is 5.39. The van der Waals surface area contributed by atoms with E-state index in [1.807, 2.05) is 0 Å². The Kier molecular flexibility index (Phi) is 10.2. The second-order valence-corrected chi connectivity index (χ2v) is 26.1. The summed E-state index contributed by atoms with van der Waals surface area (Å²) in [5, 5.41) is 0. The van der Waals surface area contributed by atoms with Gasteiger partial charge in [-0.25, -0.2) is 0 Å². The average Bonchev–Trinajstić information content (AvgIpc) is 3.48. The lowest BCUT2D eigenvalue weighted by Gasteiger charge is -2.48. The maximum absolute atomic E-state index is 2.72. The van der Waals surface area contributed by atoms with Crippen molar-refractivity contribution >= 4 is 57.2 Å². The minimum absolute atomic E-state index is 0.0159. The van der Waals surface area contributed by atoms with Gasteiger partial charge in [-0.2, -0.15) is 0 Å². The lowest BCUT2D eigenvalue weighted by atomic mass is 9.33. The van der Waals surface area contributed by atoms with E-state index < -0.39 is 0 Å². The van der Waals surface area contributed by atoms with Crippen LogP contribution in [0.2, 0.25) is 0 Å². The summed E-state index contributed by atoms with van der Waals surface area (Å²) in [6.07, 6.45) is 4.36. The van der Waals surface area contributed by atoms with E-state index in [0.29, 0.717) is 0 Å². The SMILES string of the molecule is CC(C)(C)c1ccc(N2c3ccc(Cc4ccccc4)cc3B3c4cc5c(cc4N(c4ccc6c(c4)C(C)(C)CC6(C)C)c4cc(C(C)(C)C)cc2c43)C(C)(C)CCC5(C)C)c(-c2ccccc2)c1. The van der Waals surface area contributed by atoms with Crippen molar-refractivity contribution in [3.8, 4) is 11.1 Å². The summed E-state index contributed by atoms with van der Waals surface area (Å²) in [5.74, 6) is 0. The van der Waals surface area contributed by atoms with Crippen LogP contribution in [0.25, 0.3) is 11.1 Å². The summed E-state index contributed by atoms with van der Waals surface area (Å²) in [7, 11) is 0. The van der Waals surface area contributed by atoms with E-state index in [0.717, 1.165) is 12.8 Å². The monoisotopic (exact) mass is 905 g/mol. The molecule has 3 heteroatoms. The maximum Gasteiger partial charge on any atom is 0.252 e. The zero-order chi connectivity index (χ0) is 48.8. The number of fused-ring (bicyclic) bond motifs is 6. The number of nitrogens with zero attached hydrogens (tertiary/aromatic N) is 2. The molecule has 4 aliphatic rings. The van der Waals surface area contributed by atoms with Crippen molar-refractivity contribution in [2.45, 2.75) is 155 Å². The van der Waals surface area contributed by atoms with Crippen molar-refractivity contribution in [3.63, 3.8) is 0 Å². The molecule has 7 aromatic rings. The molecule has 0 fully saturated rings. The molecule has 0 atom stereocenters. The zero-order valence-electron chi connectivity index (χ0n) is 44.1. The predicted molar refractivity (Wildman–Crippen MR) is 299 cm³/mol. The van der Waals surface area contributed by atoms with Crippen molar-refractivity contribution in [1.29, 1.82) is 0 Å². The van der Waals surface area contributed by atoms with E-state index in [2.05, 4.69) is 246 Å². The van der Waals surface area contributed by atoms with Crippen LogP contribution >= 0.6 is 0 Å². The Balaban J connectivity index is 1.28. The van der Waals surface area contributed by atoms with Gasteiger partial charge in [-0.1, -0.05) is 188 Å². The van der Waals surface area contributed by atoms with Crippen molar-refractivity contribution in [1.82, 2.24) is 0 Å². The third-order valence-corrected chi connectivity index (χ3v) is 17.0. The Morgan fingerprint density at radius 1 is 0.435 bits per heavy atom. The first-order chi connectivity index (χ1) is 32.4. The Morgan fingerprint density at radius 3 is 1.65 bits per heavy atom. The van der Waals surface area contributed by atoms with Crippen LogP contribution in [0, 0.1) is 0 Å². The molecule has 0 radical (unpaired) electrons. The first-order valence-electron chi connectivity index (χ1n) is 25.9. The lowest BCUT2D eigenvalue weighted by molar-refractivity contribution is 0.332. The molecule has 0 amide bonds. The topological polar surface area (TPSA) is 6.48 Å². The maximum atomic E-state index is 2.72. The van der Waals surface area contributed by atoms with Crippen LogP contribution in [0.4, 0.5) is 34.1 Å². The molecule has 2 nitrogen and oxygen atoms in total. The van der Waals surface area contributed by atoms with Crippen molar-refractivity contribution in [3.05, 3.63) is 184 Å². The largest absolute Gasteiger partial charge is 0.311 e. The third-order valence-electron chi connectivity index (χ3n) is 17.0. The summed E-state index contributed by atoms with van der Waals surface area (Å²) >= 11 is 0. The second-order valence-electron chi connectivity index (χ2n) is 26.1. The molecule has 0 bridgehead atoms. The molecule has 2 heterocycles. The van der Waals surface area contributed by atoms with Crippen LogP contribution in [0.15, 0.2) is 140 Å². The Morgan fingerprint density at radius 2 is 1.00 bits per heavy atom. The highest BCUT2D eigenvalue weighted by atomic mass is 15.2. The fourth-order valence-electron chi connectivity index (χ4n) is 13.2. The van der Waals surface area contributed by atoms with Crippen molar-refractivity contribution in [2.75, 3.05) is 9.80 Å². The summed E-state index contributed by atoms with van der Waals surface area (Å²) < 4.78 is 0. The van der Waals surface area contributed by atoms with Gasteiger partial charge in [-0.3, -0.25) is 0 Å². The number of hydrogen-bond donors (Lipinski definition) is 0. The van der Waals surface area contributed by atoms with Gasteiger partial charge in [0.25, 0.3) is 6.71 Å². The minimum Gasteiger partial charge on any atom is -0.311 e. The van der Waals surface area contributed by atoms with E-state index in [-0.39, 0.29) is 39.2 Å². The van der Waals surface area contributed by atoms with Gasteiger partial charge in [0, 0.05) is 34.0 Å². The molecule has 11 rings (SSSR count). The van der Waals surface area contributed by atoms with Crippen LogP contribution in [-0.2, 0) is 38.9 Å². The quantitative estimate of drug-likeness (QED) is 0.159. The van der Waals surface area contributed by atoms with Gasteiger partial charge < -0.3 is 9.80 Å². The minimum atomic E-state index is -0.122. The second kappa shape index (κ2) is 15.4. The molecule has 0 saturated heterocycles. The molecule has 0 spiro atoms. The highest BCUT2D eigenvalue weighted by molar-refractivity contribution is 7.00. The number of rotatable bonds is 5. The van der Waals surface area contributed by atoms with Crippen LogP contribution in [0.5, 0.6) is 0 Å². The first kappa shape index (κ1) is 45.6. The Bertz CT molecular complexity index is 3190. The van der Waals surface area contributed by atoms with Crippen LogP contribution in [-0.4, -0.2) is 6.71 Å².